The number of carbonyl (C=O) groups excluding carboxylic acids is 1. The number of benzene rings is 2. The Hall–Kier alpha value is -2.09. The molecule has 2 nitrogen and oxygen atoms in total. The van der Waals surface area contributed by atoms with Gasteiger partial charge in [-0.3, -0.25) is 0 Å². The van der Waals surface area contributed by atoms with Crippen molar-refractivity contribution in [1.82, 2.24) is 0 Å². The summed E-state index contributed by atoms with van der Waals surface area (Å²) in [6.45, 7) is 6.26. The molecule has 19 heavy (non-hydrogen) atoms. The average Bonchev–Trinajstić information content (AvgIpc) is 2.37. The first-order valence-corrected chi connectivity index (χ1v) is 6.21. The van der Waals surface area contributed by atoms with Crippen molar-refractivity contribution in [2.75, 3.05) is 7.11 Å². The molecule has 2 rings (SSSR count). The summed E-state index contributed by atoms with van der Waals surface area (Å²) in [6, 6.07) is 12.8. The minimum atomic E-state index is -0.357. The van der Waals surface area contributed by atoms with Gasteiger partial charge in [0.2, 0.25) is 0 Å². The summed E-state index contributed by atoms with van der Waals surface area (Å²) in [6.07, 6.45) is 0. The quantitative estimate of drug-likeness (QED) is 0.759. The maximum atomic E-state index is 11.6. The summed E-state index contributed by atoms with van der Waals surface area (Å²) in [7, 11) is 1.38. The highest BCUT2D eigenvalue weighted by Gasteiger charge is 2.10. The maximum absolute atomic E-state index is 11.6. The lowest BCUT2D eigenvalue weighted by Gasteiger charge is -2.12. The second-order valence-electron chi connectivity index (χ2n) is 4.76. The van der Waals surface area contributed by atoms with Gasteiger partial charge in [0.15, 0.2) is 0 Å². The van der Waals surface area contributed by atoms with Crippen LogP contribution in [0.4, 0.5) is 0 Å². The zero-order chi connectivity index (χ0) is 14.0. The predicted octanol–water partition coefficient (Wildman–Crippen LogP) is 3.87. The van der Waals surface area contributed by atoms with Gasteiger partial charge in [-0.15, -0.1) is 0 Å². The van der Waals surface area contributed by atoms with E-state index in [0.717, 1.165) is 5.56 Å². The number of rotatable bonds is 2. The Bertz CT molecular complexity index is 604. The number of carbonyl (C=O) groups is 1. The Balaban J connectivity index is 2.57. The van der Waals surface area contributed by atoms with Gasteiger partial charge in [-0.25, -0.2) is 4.79 Å². The van der Waals surface area contributed by atoms with Crippen LogP contribution in [0.5, 0.6) is 0 Å². The summed E-state index contributed by atoms with van der Waals surface area (Å²) >= 11 is 0. The molecule has 1 radical (unpaired) electrons. The van der Waals surface area contributed by atoms with Crippen LogP contribution in [0.15, 0.2) is 30.3 Å². The van der Waals surface area contributed by atoms with Crippen LogP contribution in [0.25, 0.3) is 11.1 Å². The van der Waals surface area contributed by atoms with E-state index in [1.807, 2.05) is 12.1 Å². The fourth-order valence-corrected chi connectivity index (χ4v) is 2.49. The SMILES string of the molecule is COC(=O)c1[c]ccc(-c2c(C)cc(C)cc2C)c1. The van der Waals surface area contributed by atoms with Crippen molar-refractivity contribution in [2.45, 2.75) is 20.8 Å². The maximum Gasteiger partial charge on any atom is 0.338 e. The van der Waals surface area contributed by atoms with Crippen LogP contribution in [0.1, 0.15) is 27.0 Å². The smallest absolute Gasteiger partial charge is 0.338 e. The van der Waals surface area contributed by atoms with Crippen molar-refractivity contribution in [3.05, 3.63) is 58.7 Å². The van der Waals surface area contributed by atoms with Gasteiger partial charge < -0.3 is 4.74 Å². The van der Waals surface area contributed by atoms with Crippen LogP contribution in [-0.4, -0.2) is 13.1 Å². The van der Waals surface area contributed by atoms with Crippen molar-refractivity contribution in [3.63, 3.8) is 0 Å². The highest BCUT2D eigenvalue weighted by atomic mass is 16.5. The molecule has 0 unspecified atom stereocenters. The Morgan fingerprint density at radius 1 is 1.11 bits per heavy atom. The molecular weight excluding hydrogens is 236 g/mol. The normalized spacial score (nSPS) is 10.3. The number of methoxy groups -OCH3 is 1. The van der Waals surface area contributed by atoms with Crippen molar-refractivity contribution in [3.8, 4) is 11.1 Å². The zero-order valence-corrected chi connectivity index (χ0v) is 11.7. The molecule has 0 fully saturated rings. The van der Waals surface area contributed by atoms with E-state index < -0.39 is 0 Å². The van der Waals surface area contributed by atoms with E-state index in [-0.39, 0.29) is 5.97 Å². The van der Waals surface area contributed by atoms with Crippen LogP contribution in [0.2, 0.25) is 0 Å². The largest absolute Gasteiger partial charge is 0.465 e. The van der Waals surface area contributed by atoms with E-state index in [9.17, 15) is 4.79 Å². The highest BCUT2D eigenvalue weighted by Crippen LogP contribution is 2.28. The van der Waals surface area contributed by atoms with Gasteiger partial charge in [0.1, 0.15) is 0 Å². The van der Waals surface area contributed by atoms with Crippen LogP contribution >= 0.6 is 0 Å². The van der Waals surface area contributed by atoms with E-state index >= 15 is 0 Å². The number of aryl methyl sites for hydroxylation is 3. The van der Waals surface area contributed by atoms with Crippen molar-refractivity contribution < 1.29 is 9.53 Å². The molecule has 0 heterocycles. The fraction of sp³-hybridized carbons (Fsp3) is 0.235. The topological polar surface area (TPSA) is 26.3 Å². The lowest BCUT2D eigenvalue weighted by atomic mass is 9.93. The first kappa shape index (κ1) is 13.3. The molecule has 0 aliphatic heterocycles. The Labute approximate surface area is 114 Å². The van der Waals surface area contributed by atoms with E-state index in [2.05, 4.69) is 39.0 Å². The molecule has 2 aromatic carbocycles. The molecule has 97 valence electrons. The molecular formula is C17H17O2. The summed E-state index contributed by atoms with van der Waals surface area (Å²) in [5.74, 6) is -0.357. The third-order valence-electron chi connectivity index (χ3n) is 3.17. The zero-order valence-electron chi connectivity index (χ0n) is 11.7. The number of hydrogen-bond acceptors (Lipinski definition) is 2. The third-order valence-corrected chi connectivity index (χ3v) is 3.17. The van der Waals surface area contributed by atoms with Gasteiger partial charge in [-0.05, 0) is 55.2 Å². The van der Waals surface area contributed by atoms with Crippen LogP contribution in [-0.2, 0) is 4.74 Å². The molecule has 0 saturated heterocycles. The van der Waals surface area contributed by atoms with Crippen molar-refractivity contribution in [1.29, 1.82) is 0 Å². The van der Waals surface area contributed by atoms with E-state index in [1.165, 1.54) is 29.4 Å². The molecule has 0 aliphatic rings. The number of hydrogen-bond donors (Lipinski definition) is 0. The van der Waals surface area contributed by atoms with Gasteiger partial charge in [-0.1, -0.05) is 29.8 Å². The Kier molecular flexibility index (Phi) is 3.70. The highest BCUT2D eigenvalue weighted by molar-refractivity contribution is 5.91. The predicted molar refractivity (Wildman–Crippen MR) is 76.3 cm³/mol. The van der Waals surface area contributed by atoms with Crippen molar-refractivity contribution in [2.24, 2.45) is 0 Å². The molecule has 0 aliphatic carbocycles. The van der Waals surface area contributed by atoms with Crippen molar-refractivity contribution >= 4 is 5.97 Å². The summed E-state index contributed by atoms with van der Waals surface area (Å²) in [4.78, 5) is 11.6. The van der Waals surface area contributed by atoms with E-state index in [1.54, 1.807) is 6.07 Å². The minimum absolute atomic E-state index is 0.357. The molecule has 0 amide bonds. The molecule has 2 aromatic rings. The molecule has 2 heteroatoms. The lowest BCUT2D eigenvalue weighted by Crippen LogP contribution is -2.01. The first-order valence-electron chi connectivity index (χ1n) is 6.21. The molecule has 0 saturated carbocycles. The first-order chi connectivity index (χ1) is 9.02. The summed E-state index contributed by atoms with van der Waals surface area (Å²) in [5.41, 5.74) is 6.31. The van der Waals surface area contributed by atoms with Crippen LogP contribution < -0.4 is 0 Å². The van der Waals surface area contributed by atoms with Gasteiger partial charge in [-0.2, -0.15) is 0 Å². The third kappa shape index (κ3) is 2.68. The van der Waals surface area contributed by atoms with Gasteiger partial charge in [0.05, 0.1) is 12.7 Å². The second-order valence-corrected chi connectivity index (χ2v) is 4.76. The molecule has 0 aromatic heterocycles. The number of ether oxygens (including phenoxy) is 1. The Morgan fingerprint density at radius 3 is 2.32 bits per heavy atom. The fourth-order valence-electron chi connectivity index (χ4n) is 2.49. The summed E-state index contributed by atoms with van der Waals surface area (Å²) < 4.78 is 4.74. The van der Waals surface area contributed by atoms with Crippen LogP contribution in [0, 0.1) is 26.8 Å². The lowest BCUT2D eigenvalue weighted by molar-refractivity contribution is 0.0600. The standard InChI is InChI=1S/C17H17O2/c1-11-8-12(2)16(13(3)9-11)14-6-5-7-15(10-14)17(18)19-4/h5-6,8-10H,1-4H3. The van der Waals surface area contributed by atoms with Gasteiger partial charge in [0.25, 0.3) is 0 Å². The molecule has 0 atom stereocenters. The Morgan fingerprint density at radius 2 is 1.74 bits per heavy atom. The molecule has 0 bridgehead atoms. The van der Waals surface area contributed by atoms with E-state index in [0.29, 0.717) is 5.56 Å². The second kappa shape index (κ2) is 5.27. The van der Waals surface area contributed by atoms with Gasteiger partial charge in [0, 0.05) is 0 Å². The minimum Gasteiger partial charge on any atom is -0.465 e. The van der Waals surface area contributed by atoms with E-state index in [4.69, 9.17) is 4.74 Å². The molecule has 0 N–H and O–H groups in total. The number of esters is 1. The monoisotopic (exact) mass is 253 g/mol. The average molecular weight is 253 g/mol. The summed E-state index contributed by atoms with van der Waals surface area (Å²) in [5, 5.41) is 0. The van der Waals surface area contributed by atoms with Gasteiger partial charge >= 0.3 is 5.97 Å². The van der Waals surface area contributed by atoms with Crippen LogP contribution in [0.3, 0.4) is 0 Å². The molecule has 0 spiro atoms.